The maximum Gasteiger partial charge on any atom is 0.259 e. The summed E-state index contributed by atoms with van der Waals surface area (Å²) in [7, 11) is 3.72. The summed E-state index contributed by atoms with van der Waals surface area (Å²) in [5, 5.41) is 11.7. The Morgan fingerprint density at radius 3 is 3.14 bits per heavy atom. The quantitative estimate of drug-likeness (QED) is 0.788. The summed E-state index contributed by atoms with van der Waals surface area (Å²) in [6, 6.07) is 0. The van der Waals surface area contributed by atoms with Gasteiger partial charge in [0.1, 0.15) is 11.2 Å². The van der Waals surface area contributed by atoms with E-state index in [0.29, 0.717) is 12.1 Å². The zero-order valence-corrected chi connectivity index (χ0v) is 12.7. The summed E-state index contributed by atoms with van der Waals surface area (Å²) in [5.74, 6) is -0.0356. The van der Waals surface area contributed by atoms with Crippen LogP contribution in [0.5, 0.6) is 0 Å². The van der Waals surface area contributed by atoms with Gasteiger partial charge in [-0.1, -0.05) is 0 Å². The highest BCUT2D eigenvalue weighted by Crippen LogP contribution is 2.24. The molecular weight excluding hydrogens is 280 g/mol. The summed E-state index contributed by atoms with van der Waals surface area (Å²) >= 11 is 0. The van der Waals surface area contributed by atoms with Gasteiger partial charge in [0.2, 0.25) is 0 Å². The normalized spacial score (nSPS) is 13.7. The van der Waals surface area contributed by atoms with Gasteiger partial charge in [0.15, 0.2) is 0 Å². The van der Waals surface area contributed by atoms with Crippen LogP contribution in [0, 0.1) is 0 Å². The zero-order chi connectivity index (χ0) is 15.3. The molecule has 7 nitrogen and oxygen atoms in total. The standard InChI is InChI=1S/C15H18N6O/c1-19-6-7-21-14(19)11(8-16-21)15(22)20(2)9-13-10-4-3-5-12(10)17-18-13/h6-8H,3-5,9H2,1-2H3,(H,17,18). The Bertz CT molecular complexity index is 855. The Morgan fingerprint density at radius 2 is 2.27 bits per heavy atom. The van der Waals surface area contributed by atoms with E-state index in [4.69, 9.17) is 0 Å². The minimum Gasteiger partial charge on any atom is -0.336 e. The number of amides is 1. The van der Waals surface area contributed by atoms with Crippen LogP contribution in [-0.2, 0) is 26.4 Å². The third kappa shape index (κ3) is 1.85. The molecule has 0 unspecified atom stereocenters. The Labute approximate surface area is 127 Å². The van der Waals surface area contributed by atoms with Crippen molar-refractivity contribution in [2.75, 3.05) is 7.05 Å². The van der Waals surface area contributed by atoms with Crippen molar-refractivity contribution in [2.24, 2.45) is 7.05 Å². The molecule has 0 radical (unpaired) electrons. The van der Waals surface area contributed by atoms with Crippen molar-refractivity contribution >= 4 is 11.6 Å². The second-order valence-corrected chi connectivity index (χ2v) is 5.88. The molecule has 3 aromatic rings. The minimum absolute atomic E-state index is 0.0356. The number of rotatable bonds is 3. The summed E-state index contributed by atoms with van der Waals surface area (Å²) in [5.41, 5.74) is 4.93. The summed E-state index contributed by atoms with van der Waals surface area (Å²) in [6.45, 7) is 0.520. The molecule has 1 N–H and O–H groups in total. The summed E-state index contributed by atoms with van der Waals surface area (Å²) in [6.07, 6.45) is 8.64. The van der Waals surface area contributed by atoms with Gasteiger partial charge in [-0.05, 0) is 24.8 Å². The fourth-order valence-electron chi connectivity index (χ4n) is 3.22. The number of nitrogens with one attached hydrogen (secondary N) is 1. The van der Waals surface area contributed by atoms with Crippen LogP contribution in [0.2, 0.25) is 0 Å². The molecule has 0 bridgehead atoms. The molecule has 7 heteroatoms. The van der Waals surface area contributed by atoms with Crippen LogP contribution in [0.25, 0.3) is 5.65 Å². The maximum absolute atomic E-state index is 12.7. The number of imidazole rings is 1. The molecule has 0 spiro atoms. The first-order valence-electron chi connectivity index (χ1n) is 7.44. The van der Waals surface area contributed by atoms with Crippen molar-refractivity contribution in [3.63, 3.8) is 0 Å². The van der Waals surface area contributed by atoms with Gasteiger partial charge in [0.25, 0.3) is 5.91 Å². The number of carbonyl (C=O) groups excluding carboxylic acids is 1. The molecule has 114 valence electrons. The van der Waals surface area contributed by atoms with Gasteiger partial charge in [-0.25, -0.2) is 4.52 Å². The van der Waals surface area contributed by atoms with E-state index in [9.17, 15) is 4.79 Å². The lowest BCUT2D eigenvalue weighted by molar-refractivity contribution is 0.0784. The van der Waals surface area contributed by atoms with Crippen LogP contribution in [0.15, 0.2) is 18.6 Å². The molecule has 22 heavy (non-hydrogen) atoms. The van der Waals surface area contributed by atoms with Crippen molar-refractivity contribution in [1.82, 2.24) is 29.3 Å². The number of fused-ring (bicyclic) bond motifs is 2. The Hall–Kier alpha value is -2.57. The number of hydrogen-bond donors (Lipinski definition) is 1. The van der Waals surface area contributed by atoms with E-state index in [1.54, 1.807) is 15.6 Å². The molecule has 0 saturated carbocycles. The fourth-order valence-corrected chi connectivity index (χ4v) is 3.22. The SMILES string of the molecule is CN(Cc1n[nH]c2c1CCC2)C(=O)c1cnn2ccn(C)c12. The van der Waals surface area contributed by atoms with E-state index in [1.807, 2.05) is 31.1 Å². The Morgan fingerprint density at radius 1 is 1.41 bits per heavy atom. The first-order valence-corrected chi connectivity index (χ1v) is 7.44. The average Bonchev–Trinajstić information content (AvgIpc) is 3.23. The van der Waals surface area contributed by atoms with Crippen molar-refractivity contribution < 1.29 is 4.79 Å². The third-order valence-electron chi connectivity index (χ3n) is 4.39. The van der Waals surface area contributed by atoms with Crippen LogP contribution in [0.1, 0.15) is 33.7 Å². The van der Waals surface area contributed by atoms with E-state index in [2.05, 4.69) is 15.3 Å². The number of carbonyl (C=O) groups is 1. The largest absolute Gasteiger partial charge is 0.336 e. The first kappa shape index (κ1) is 13.1. The predicted molar refractivity (Wildman–Crippen MR) is 80.6 cm³/mol. The molecule has 1 aliphatic carbocycles. The van der Waals surface area contributed by atoms with Gasteiger partial charge < -0.3 is 9.47 Å². The lowest BCUT2D eigenvalue weighted by Crippen LogP contribution is -2.27. The van der Waals surface area contributed by atoms with Gasteiger partial charge in [-0.15, -0.1) is 0 Å². The average molecular weight is 298 g/mol. The van der Waals surface area contributed by atoms with Gasteiger partial charge >= 0.3 is 0 Å². The minimum atomic E-state index is -0.0356. The van der Waals surface area contributed by atoms with E-state index >= 15 is 0 Å². The van der Waals surface area contributed by atoms with Crippen LogP contribution < -0.4 is 0 Å². The highest BCUT2D eigenvalue weighted by molar-refractivity contribution is 5.99. The second kappa shape index (κ2) is 4.72. The van der Waals surface area contributed by atoms with Crippen LogP contribution in [0.3, 0.4) is 0 Å². The Balaban J connectivity index is 1.60. The monoisotopic (exact) mass is 298 g/mol. The highest BCUT2D eigenvalue weighted by atomic mass is 16.2. The number of aromatic amines is 1. The van der Waals surface area contributed by atoms with Gasteiger partial charge in [-0.3, -0.25) is 9.89 Å². The predicted octanol–water partition coefficient (Wildman–Crippen LogP) is 1.16. The zero-order valence-electron chi connectivity index (χ0n) is 12.7. The second-order valence-electron chi connectivity index (χ2n) is 5.88. The van der Waals surface area contributed by atoms with E-state index in [1.165, 1.54) is 17.7 Å². The lowest BCUT2D eigenvalue weighted by Gasteiger charge is -2.16. The molecule has 3 aromatic heterocycles. The van der Waals surface area contributed by atoms with Gasteiger partial charge in [0, 0.05) is 32.2 Å². The maximum atomic E-state index is 12.7. The lowest BCUT2D eigenvalue weighted by atomic mass is 10.2. The van der Waals surface area contributed by atoms with Crippen LogP contribution >= 0.6 is 0 Å². The Kier molecular flexibility index (Phi) is 2.82. The van der Waals surface area contributed by atoms with Gasteiger partial charge in [0.05, 0.1) is 18.4 Å². The number of aromatic nitrogens is 5. The molecule has 0 atom stereocenters. The number of nitrogens with zero attached hydrogens (tertiary/aromatic N) is 5. The molecule has 0 aromatic carbocycles. The first-order chi connectivity index (χ1) is 10.6. The molecular formula is C15H18N6O. The number of hydrogen-bond acceptors (Lipinski definition) is 3. The molecule has 1 amide bonds. The molecule has 0 saturated heterocycles. The van der Waals surface area contributed by atoms with E-state index in [0.717, 1.165) is 24.2 Å². The van der Waals surface area contributed by atoms with Crippen LogP contribution in [-0.4, -0.2) is 42.2 Å². The number of aryl methyl sites for hydroxylation is 2. The number of H-pyrrole nitrogens is 1. The summed E-state index contributed by atoms with van der Waals surface area (Å²) in [4.78, 5) is 14.4. The summed E-state index contributed by atoms with van der Waals surface area (Å²) < 4.78 is 3.62. The van der Waals surface area contributed by atoms with E-state index < -0.39 is 0 Å². The van der Waals surface area contributed by atoms with Gasteiger partial charge in [-0.2, -0.15) is 10.2 Å². The van der Waals surface area contributed by atoms with E-state index in [-0.39, 0.29) is 5.91 Å². The van der Waals surface area contributed by atoms with Crippen LogP contribution in [0.4, 0.5) is 0 Å². The fraction of sp³-hybridized carbons (Fsp3) is 0.400. The van der Waals surface area contributed by atoms with Crippen molar-refractivity contribution in [1.29, 1.82) is 0 Å². The van der Waals surface area contributed by atoms with Crippen molar-refractivity contribution in [3.05, 3.63) is 41.1 Å². The highest BCUT2D eigenvalue weighted by Gasteiger charge is 2.23. The molecule has 3 heterocycles. The molecule has 1 aliphatic rings. The smallest absolute Gasteiger partial charge is 0.259 e. The third-order valence-corrected chi connectivity index (χ3v) is 4.39. The topological polar surface area (TPSA) is 71.2 Å². The molecule has 4 rings (SSSR count). The molecule has 0 fully saturated rings. The van der Waals surface area contributed by atoms with Crippen molar-refractivity contribution in [2.45, 2.75) is 25.8 Å². The molecule has 0 aliphatic heterocycles. The van der Waals surface area contributed by atoms with Crippen molar-refractivity contribution in [3.8, 4) is 0 Å².